The first-order valence-electron chi connectivity index (χ1n) is 6.65. The molecule has 0 radical (unpaired) electrons. The zero-order valence-electron chi connectivity index (χ0n) is 11.4. The summed E-state index contributed by atoms with van der Waals surface area (Å²) in [6.45, 7) is 2.43. The van der Waals surface area contributed by atoms with Crippen molar-refractivity contribution in [2.45, 2.75) is 19.4 Å². The summed E-state index contributed by atoms with van der Waals surface area (Å²) in [5.41, 5.74) is 1.07. The molecule has 1 aliphatic heterocycles. The second-order valence-corrected chi connectivity index (χ2v) is 4.65. The molecule has 0 aromatic heterocycles. The van der Waals surface area contributed by atoms with Crippen LogP contribution < -0.4 is 5.32 Å². The molecule has 1 heterocycles. The van der Waals surface area contributed by atoms with Crippen LogP contribution in [0.2, 0.25) is 0 Å². The van der Waals surface area contributed by atoms with Gasteiger partial charge in [0.1, 0.15) is 6.54 Å². The summed E-state index contributed by atoms with van der Waals surface area (Å²) in [5, 5.41) is 11.5. The molecule has 20 heavy (non-hydrogen) atoms. The SMILES string of the molecule is CC[C@@H]1C=CCN1C(=O)c1ccccc1NCC(=O)O. The van der Waals surface area contributed by atoms with E-state index in [9.17, 15) is 9.59 Å². The minimum absolute atomic E-state index is 0.0738. The third-order valence-corrected chi connectivity index (χ3v) is 3.33. The minimum atomic E-state index is -0.957. The number of rotatable bonds is 5. The molecule has 106 valence electrons. The van der Waals surface area contributed by atoms with Crippen LogP contribution in [0.3, 0.4) is 0 Å². The van der Waals surface area contributed by atoms with Gasteiger partial charge >= 0.3 is 5.97 Å². The lowest BCUT2D eigenvalue weighted by atomic mass is 10.1. The van der Waals surface area contributed by atoms with Crippen molar-refractivity contribution in [3.63, 3.8) is 0 Å². The molecular formula is C15H18N2O3. The molecule has 0 saturated carbocycles. The van der Waals surface area contributed by atoms with Crippen LogP contribution in [0.5, 0.6) is 0 Å². The fourth-order valence-electron chi connectivity index (χ4n) is 2.31. The molecule has 1 aromatic rings. The van der Waals surface area contributed by atoms with Crippen LogP contribution in [0.25, 0.3) is 0 Å². The molecule has 0 aliphatic carbocycles. The Hall–Kier alpha value is -2.30. The Labute approximate surface area is 117 Å². The highest BCUT2D eigenvalue weighted by Crippen LogP contribution is 2.21. The van der Waals surface area contributed by atoms with Crippen LogP contribution in [-0.2, 0) is 4.79 Å². The Morgan fingerprint density at radius 1 is 1.40 bits per heavy atom. The molecule has 1 atom stereocenters. The van der Waals surface area contributed by atoms with E-state index in [-0.39, 0.29) is 18.5 Å². The third kappa shape index (κ3) is 2.99. The highest BCUT2D eigenvalue weighted by molar-refractivity contribution is 6.00. The smallest absolute Gasteiger partial charge is 0.322 e. The summed E-state index contributed by atoms with van der Waals surface area (Å²) in [6, 6.07) is 7.12. The Kier molecular flexibility index (Phi) is 4.40. The van der Waals surface area contributed by atoms with Crippen molar-refractivity contribution < 1.29 is 14.7 Å². The number of hydrogen-bond acceptors (Lipinski definition) is 3. The van der Waals surface area contributed by atoms with Gasteiger partial charge in [-0.2, -0.15) is 0 Å². The van der Waals surface area contributed by atoms with Gasteiger partial charge in [0.25, 0.3) is 5.91 Å². The van der Waals surface area contributed by atoms with E-state index < -0.39 is 5.97 Å². The number of amides is 1. The molecule has 0 spiro atoms. The van der Waals surface area contributed by atoms with Gasteiger partial charge in [0.05, 0.1) is 11.6 Å². The summed E-state index contributed by atoms with van der Waals surface area (Å²) in [4.78, 5) is 25.0. The lowest BCUT2D eigenvalue weighted by Gasteiger charge is -2.24. The first-order valence-corrected chi connectivity index (χ1v) is 6.65. The highest BCUT2D eigenvalue weighted by atomic mass is 16.4. The number of para-hydroxylation sites is 1. The number of carboxylic acid groups (broad SMARTS) is 1. The molecule has 2 N–H and O–H groups in total. The van der Waals surface area contributed by atoms with Gasteiger partial charge in [0.2, 0.25) is 0 Å². The summed E-state index contributed by atoms with van der Waals surface area (Å²) in [7, 11) is 0. The van der Waals surface area contributed by atoms with Crippen LogP contribution in [0.15, 0.2) is 36.4 Å². The average molecular weight is 274 g/mol. The number of hydrogen-bond donors (Lipinski definition) is 2. The number of carboxylic acids is 1. The Balaban J connectivity index is 2.19. The second kappa shape index (κ2) is 6.23. The summed E-state index contributed by atoms with van der Waals surface area (Å²) in [5.74, 6) is -1.03. The van der Waals surface area contributed by atoms with E-state index in [2.05, 4.69) is 5.32 Å². The van der Waals surface area contributed by atoms with Crippen molar-refractivity contribution in [2.75, 3.05) is 18.4 Å². The molecule has 0 bridgehead atoms. The maximum absolute atomic E-state index is 12.6. The van der Waals surface area contributed by atoms with Crippen LogP contribution in [-0.4, -0.2) is 41.0 Å². The zero-order chi connectivity index (χ0) is 14.5. The predicted octanol–water partition coefficient (Wildman–Crippen LogP) is 1.97. The maximum Gasteiger partial charge on any atom is 0.322 e. The molecule has 1 amide bonds. The van der Waals surface area contributed by atoms with Gasteiger partial charge in [-0.1, -0.05) is 31.2 Å². The molecular weight excluding hydrogens is 256 g/mol. The zero-order valence-corrected chi connectivity index (χ0v) is 11.4. The van der Waals surface area contributed by atoms with Crippen molar-refractivity contribution in [1.82, 2.24) is 4.90 Å². The van der Waals surface area contributed by atoms with E-state index in [0.717, 1.165) is 6.42 Å². The lowest BCUT2D eigenvalue weighted by molar-refractivity contribution is -0.134. The van der Waals surface area contributed by atoms with Crippen molar-refractivity contribution >= 4 is 17.6 Å². The predicted molar refractivity (Wildman–Crippen MR) is 76.8 cm³/mol. The van der Waals surface area contributed by atoms with E-state index in [4.69, 9.17) is 5.11 Å². The van der Waals surface area contributed by atoms with E-state index in [1.807, 2.05) is 19.1 Å². The fraction of sp³-hybridized carbons (Fsp3) is 0.333. The van der Waals surface area contributed by atoms with Gasteiger partial charge < -0.3 is 15.3 Å². The molecule has 0 unspecified atom stereocenters. The first-order chi connectivity index (χ1) is 9.63. The normalized spacial score (nSPS) is 17.2. The number of aliphatic carboxylic acids is 1. The Morgan fingerprint density at radius 3 is 2.85 bits per heavy atom. The number of carbonyl (C=O) groups excluding carboxylic acids is 1. The molecule has 1 aromatic carbocycles. The maximum atomic E-state index is 12.6. The Bertz CT molecular complexity index is 540. The van der Waals surface area contributed by atoms with Crippen LogP contribution in [0, 0.1) is 0 Å². The van der Waals surface area contributed by atoms with Gasteiger partial charge in [-0.3, -0.25) is 9.59 Å². The van der Waals surface area contributed by atoms with Crippen molar-refractivity contribution in [3.8, 4) is 0 Å². The standard InChI is InChI=1S/C15H18N2O3/c1-2-11-6-5-9-17(11)15(20)12-7-3-4-8-13(12)16-10-14(18)19/h3-8,11,16H,2,9-10H2,1H3,(H,18,19)/t11-/m1/s1. The molecule has 5 nitrogen and oxygen atoms in total. The van der Waals surface area contributed by atoms with Crippen LogP contribution >= 0.6 is 0 Å². The van der Waals surface area contributed by atoms with Crippen LogP contribution in [0.4, 0.5) is 5.69 Å². The number of carbonyl (C=O) groups is 2. The summed E-state index contributed by atoms with van der Waals surface area (Å²) in [6.07, 6.45) is 4.89. The number of anilines is 1. The van der Waals surface area contributed by atoms with Crippen molar-refractivity contribution in [2.24, 2.45) is 0 Å². The third-order valence-electron chi connectivity index (χ3n) is 3.33. The fourth-order valence-corrected chi connectivity index (χ4v) is 2.31. The van der Waals surface area contributed by atoms with Gasteiger partial charge in [-0.05, 0) is 18.6 Å². The molecule has 0 fully saturated rings. The quantitative estimate of drug-likeness (QED) is 0.805. The van der Waals surface area contributed by atoms with Crippen molar-refractivity contribution in [3.05, 3.63) is 42.0 Å². The first kappa shape index (κ1) is 14.1. The molecule has 5 heteroatoms. The van der Waals surface area contributed by atoms with E-state index >= 15 is 0 Å². The Morgan fingerprint density at radius 2 is 2.15 bits per heavy atom. The van der Waals surface area contributed by atoms with Crippen LogP contribution in [0.1, 0.15) is 23.7 Å². The second-order valence-electron chi connectivity index (χ2n) is 4.65. The topological polar surface area (TPSA) is 69.6 Å². The number of nitrogens with one attached hydrogen (secondary N) is 1. The summed E-state index contributed by atoms with van der Waals surface area (Å²) >= 11 is 0. The summed E-state index contributed by atoms with van der Waals surface area (Å²) < 4.78 is 0. The molecule has 2 rings (SSSR count). The van der Waals surface area contributed by atoms with Gasteiger partial charge in [-0.25, -0.2) is 0 Å². The molecule has 1 aliphatic rings. The number of nitrogens with zero attached hydrogens (tertiary/aromatic N) is 1. The minimum Gasteiger partial charge on any atom is -0.480 e. The van der Waals surface area contributed by atoms with E-state index in [0.29, 0.717) is 17.8 Å². The van der Waals surface area contributed by atoms with Gasteiger partial charge in [0, 0.05) is 12.2 Å². The van der Waals surface area contributed by atoms with E-state index in [1.54, 1.807) is 29.2 Å². The van der Waals surface area contributed by atoms with Gasteiger partial charge in [0.15, 0.2) is 0 Å². The monoisotopic (exact) mass is 274 g/mol. The van der Waals surface area contributed by atoms with Crippen molar-refractivity contribution in [1.29, 1.82) is 0 Å². The van der Waals surface area contributed by atoms with Gasteiger partial charge in [-0.15, -0.1) is 0 Å². The average Bonchev–Trinajstić information content (AvgIpc) is 2.93. The highest BCUT2D eigenvalue weighted by Gasteiger charge is 2.25. The lowest BCUT2D eigenvalue weighted by Crippen LogP contribution is -2.36. The number of benzene rings is 1. The van der Waals surface area contributed by atoms with E-state index in [1.165, 1.54) is 0 Å². The molecule has 0 saturated heterocycles. The largest absolute Gasteiger partial charge is 0.480 e.